The van der Waals surface area contributed by atoms with Crippen LogP contribution in [-0.2, 0) is 0 Å². The van der Waals surface area contributed by atoms with Crippen molar-refractivity contribution in [2.45, 2.75) is 13.3 Å². The number of benzene rings is 1. The predicted octanol–water partition coefficient (Wildman–Crippen LogP) is 3.00. The maximum absolute atomic E-state index is 8.48. The Morgan fingerprint density at radius 3 is 2.79 bits per heavy atom. The van der Waals surface area contributed by atoms with Crippen LogP contribution in [0, 0.1) is 18.3 Å². The van der Waals surface area contributed by atoms with Crippen LogP contribution in [-0.4, -0.2) is 13.6 Å². The lowest BCUT2D eigenvalue weighted by Crippen LogP contribution is -2.18. The zero-order chi connectivity index (χ0) is 10.6. The van der Waals surface area contributed by atoms with Crippen LogP contribution < -0.4 is 4.90 Å². The number of hydrogen-bond donors (Lipinski definition) is 0. The molecule has 0 spiro atoms. The summed E-state index contributed by atoms with van der Waals surface area (Å²) in [4.78, 5) is 2.06. The molecule has 0 atom stereocenters. The van der Waals surface area contributed by atoms with Crippen molar-refractivity contribution < 1.29 is 0 Å². The molecule has 0 aliphatic rings. The van der Waals surface area contributed by atoms with E-state index in [0.717, 1.165) is 22.8 Å². The molecule has 2 nitrogen and oxygen atoms in total. The standard InChI is InChI=1S/C11H13ClN2/c1-9-8-10(12)4-5-11(9)14(2)7-3-6-13/h4-5,8H,3,7H2,1-2H3. The van der Waals surface area contributed by atoms with Crippen LogP contribution in [0.3, 0.4) is 0 Å². The van der Waals surface area contributed by atoms with Gasteiger partial charge in [0.05, 0.1) is 12.5 Å². The number of hydrogen-bond acceptors (Lipinski definition) is 2. The van der Waals surface area contributed by atoms with E-state index in [4.69, 9.17) is 16.9 Å². The molecule has 14 heavy (non-hydrogen) atoms. The number of nitrogens with zero attached hydrogens (tertiary/aromatic N) is 2. The average Bonchev–Trinajstić information content (AvgIpc) is 2.14. The first-order valence-corrected chi connectivity index (χ1v) is 4.87. The van der Waals surface area contributed by atoms with E-state index in [9.17, 15) is 0 Å². The molecule has 0 aliphatic heterocycles. The lowest BCUT2D eigenvalue weighted by molar-refractivity contribution is 0.901. The Morgan fingerprint density at radius 1 is 1.50 bits per heavy atom. The first-order chi connectivity index (χ1) is 6.65. The van der Waals surface area contributed by atoms with Gasteiger partial charge < -0.3 is 4.90 Å². The summed E-state index contributed by atoms with van der Waals surface area (Å²) in [7, 11) is 1.98. The van der Waals surface area contributed by atoms with Crippen molar-refractivity contribution in [1.82, 2.24) is 0 Å². The molecule has 1 rings (SSSR count). The minimum atomic E-state index is 0.540. The van der Waals surface area contributed by atoms with Gasteiger partial charge in [-0.15, -0.1) is 0 Å². The van der Waals surface area contributed by atoms with Gasteiger partial charge in [0.2, 0.25) is 0 Å². The number of nitriles is 1. The molecule has 0 bridgehead atoms. The smallest absolute Gasteiger partial charge is 0.0640 e. The number of halogens is 1. The highest BCUT2D eigenvalue weighted by atomic mass is 35.5. The fourth-order valence-corrected chi connectivity index (χ4v) is 1.61. The van der Waals surface area contributed by atoms with Gasteiger partial charge in [0.25, 0.3) is 0 Å². The van der Waals surface area contributed by atoms with Crippen molar-refractivity contribution in [3.63, 3.8) is 0 Å². The zero-order valence-corrected chi connectivity index (χ0v) is 9.17. The lowest BCUT2D eigenvalue weighted by Gasteiger charge is -2.20. The van der Waals surface area contributed by atoms with Gasteiger partial charge in [0.15, 0.2) is 0 Å². The van der Waals surface area contributed by atoms with Gasteiger partial charge in [0, 0.05) is 24.3 Å². The Morgan fingerprint density at radius 2 is 2.21 bits per heavy atom. The third kappa shape index (κ3) is 2.65. The Labute approximate surface area is 89.7 Å². The highest BCUT2D eigenvalue weighted by Crippen LogP contribution is 2.22. The summed E-state index contributed by atoms with van der Waals surface area (Å²) in [6.07, 6.45) is 0.540. The molecule has 0 unspecified atom stereocenters. The summed E-state index contributed by atoms with van der Waals surface area (Å²) in [5.74, 6) is 0. The molecular weight excluding hydrogens is 196 g/mol. The molecule has 0 aliphatic carbocycles. The molecule has 74 valence electrons. The Balaban J connectivity index is 2.80. The van der Waals surface area contributed by atoms with Gasteiger partial charge in [-0.3, -0.25) is 0 Å². The lowest BCUT2D eigenvalue weighted by atomic mass is 10.2. The van der Waals surface area contributed by atoms with E-state index in [1.807, 2.05) is 32.2 Å². The molecule has 0 heterocycles. The fourth-order valence-electron chi connectivity index (χ4n) is 1.39. The second kappa shape index (κ2) is 4.88. The van der Waals surface area contributed by atoms with Crippen molar-refractivity contribution in [3.05, 3.63) is 28.8 Å². The molecule has 0 N–H and O–H groups in total. The van der Waals surface area contributed by atoms with Crippen molar-refractivity contribution in [3.8, 4) is 6.07 Å². The Bertz CT molecular complexity index is 355. The first kappa shape index (κ1) is 10.9. The molecule has 0 radical (unpaired) electrons. The summed E-state index contributed by atoms with van der Waals surface area (Å²) in [5, 5.41) is 9.23. The fraction of sp³-hybridized carbons (Fsp3) is 0.364. The van der Waals surface area contributed by atoms with Crippen molar-refractivity contribution in [1.29, 1.82) is 5.26 Å². The molecule has 0 amide bonds. The molecule has 1 aromatic rings. The summed E-state index contributed by atoms with van der Waals surface area (Å²) in [5.41, 5.74) is 2.27. The molecule has 0 saturated carbocycles. The van der Waals surface area contributed by atoms with Gasteiger partial charge in [-0.25, -0.2) is 0 Å². The first-order valence-electron chi connectivity index (χ1n) is 4.49. The van der Waals surface area contributed by atoms with E-state index >= 15 is 0 Å². The topological polar surface area (TPSA) is 27.0 Å². The highest BCUT2D eigenvalue weighted by Gasteiger charge is 2.03. The Kier molecular flexibility index (Phi) is 3.79. The second-order valence-electron chi connectivity index (χ2n) is 3.26. The number of rotatable bonds is 3. The molecule has 1 aromatic carbocycles. The van der Waals surface area contributed by atoms with Gasteiger partial charge >= 0.3 is 0 Å². The van der Waals surface area contributed by atoms with Crippen molar-refractivity contribution in [2.24, 2.45) is 0 Å². The van der Waals surface area contributed by atoms with Crippen molar-refractivity contribution in [2.75, 3.05) is 18.5 Å². The van der Waals surface area contributed by atoms with E-state index in [1.54, 1.807) is 0 Å². The maximum atomic E-state index is 8.48. The molecule has 3 heteroatoms. The summed E-state index contributed by atoms with van der Waals surface area (Å²) in [6, 6.07) is 7.91. The quantitative estimate of drug-likeness (QED) is 0.764. The van der Waals surface area contributed by atoms with E-state index in [0.29, 0.717) is 6.42 Å². The Hall–Kier alpha value is -1.20. The normalized spacial score (nSPS) is 9.57. The predicted molar refractivity (Wildman–Crippen MR) is 59.7 cm³/mol. The minimum absolute atomic E-state index is 0.540. The zero-order valence-electron chi connectivity index (χ0n) is 8.42. The van der Waals surface area contributed by atoms with E-state index < -0.39 is 0 Å². The van der Waals surface area contributed by atoms with Crippen LogP contribution in [0.1, 0.15) is 12.0 Å². The van der Waals surface area contributed by atoms with Crippen molar-refractivity contribution >= 4 is 17.3 Å². The molecule has 0 fully saturated rings. The van der Waals surface area contributed by atoms with Gasteiger partial charge in [-0.1, -0.05) is 11.6 Å². The summed E-state index contributed by atoms with van der Waals surface area (Å²) in [6.45, 7) is 2.77. The molecule has 0 saturated heterocycles. The second-order valence-corrected chi connectivity index (χ2v) is 3.70. The van der Waals surface area contributed by atoms with E-state index in [2.05, 4.69) is 11.0 Å². The van der Waals surface area contributed by atoms with Crippen LogP contribution in [0.5, 0.6) is 0 Å². The maximum Gasteiger partial charge on any atom is 0.0640 e. The van der Waals surface area contributed by atoms with E-state index in [-0.39, 0.29) is 0 Å². The molecular formula is C11H13ClN2. The highest BCUT2D eigenvalue weighted by molar-refractivity contribution is 6.30. The van der Waals surface area contributed by atoms with Gasteiger partial charge in [0.1, 0.15) is 0 Å². The van der Waals surface area contributed by atoms with Crippen LogP contribution in [0.4, 0.5) is 5.69 Å². The van der Waals surface area contributed by atoms with Gasteiger partial charge in [-0.05, 0) is 30.7 Å². The number of anilines is 1. The van der Waals surface area contributed by atoms with Crippen LogP contribution >= 0.6 is 11.6 Å². The monoisotopic (exact) mass is 208 g/mol. The summed E-state index contributed by atoms with van der Waals surface area (Å²) < 4.78 is 0. The van der Waals surface area contributed by atoms with Crippen LogP contribution in [0.15, 0.2) is 18.2 Å². The third-order valence-corrected chi connectivity index (χ3v) is 2.36. The molecule has 0 aromatic heterocycles. The van der Waals surface area contributed by atoms with E-state index in [1.165, 1.54) is 0 Å². The SMILES string of the molecule is Cc1cc(Cl)ccc1N(C)CCC#N. The van der Waals surface area contributed by atoms with Crippen LogP contribution in [0.25, 0.3) is 0 Å². The summed E-state index contributed by atoms with van der Waals surface area (Å²) >= 11 is 5.86. The third-order valence-electron chi connectivity index (χ3n) is 2.13. The minimum Gasteiger partial charge on any atom is -0.373 e. The van der Waals surface area contributed by atoms with Gasteiger partial charge in [-0.2, -0.15) is 5.26 Å². The van der Waals surface area contributed by atoms with Crippen LogP contribution in [0.2, 0.25) is 5.02 Å². The average molecular weight is 209 g/mol. The largest absolute Gasteiger partial charge is 0.373 e. The number of aryl methyl sites for hydroxylation is 1.